The number of nitrogens with zero attached hydrogens (tertiary/aromatic N) is 3. The summed E-state index contributed by atoms with van der Waals surface area (Å²) in [4.78, 5) is 6.87. The van der Waals surface area contributed by atoms with Crippen LogP contribution in [0.3, 0.4) is 0 Å². The van der Waals surface area contributed by atoms with Crippen molar-refractivity contribution in [2.24, 2.45) is 5.73 Å². The number of benzene rings is 2. The molecule has 2 aromatic heterocycles. The molecule has 4 rings (SSSR count). The predicted octanol–water partition coefficient (Wildman–Crippen LogP) is 4.21. The molecule has 6 heteroatoms. The van der Waals surface area contributed by atoms with Crippen LogP contribution in [0.15, 0.2) is 71.3 Å². The molecule has 6 nitrogen and oxygen atoms in total. The van der Waals surface area contributed by atoms with Crippen molar-refractivity contribution in [3.05, 3.63) is 78.0 Å². The fourth-order valence-electron chi connectivity index (χ4n) is 3.59. The van der Waals surface area contributed by atoms with E-state index in [9.17, 15) is 0 Å². The second kappa shape index (κ2) is 9.07. The average molecular weight is 402 g/mol. The van der Waals surface area contributed by atoms with Gasteiger partial charge in [-0.1, -0.05) is 47.6 Å². The summed E-state index contributed by atoms with van der Waals surface area (Å²) in [5, 5.41) is 5.30. The molecule has 0 saturated carbocycles. The van der Waals surface area contributed by atoms with Crippen LogP contribution in [-0.4, -0.2) is 37.4 Å². The number of anilines is 1. The van der Waals surface area contributed by atoms with Gasteiger partial charge in [0.25, 0.3) is 0 Å². The Bertz CT molecular complexity index is 1120. The van der Waals surface area contributed by atoms with Crippen molar-refractivity contribution in [3.63, 3.8) is 0 Å². The summed E-state index contributed by atoms with van der Waals surface area (Å²) in [6.45, 7) is 1.43. The Morgan fingerprint density at radius 2 is 1.83 bits per heavy atom. The van der Waals surface area contributed by atoms with Crippen molar-refractivity contribution < 1.29 is 9.26 Å². The van der Waals surface area contributed by atoms with E-state index in [-0.39, 0.29) is 6.04 Å². The van der Waals surface area contributed by atoms with Crippen LogP contribution in [0, 0.1) is 0 Å². The van der Waals surface area contributed by atoms with Gasteiger partial charge in [0.1, 0.15) is 11.5 Å². The summed E-state index contributed by atoms with van der Waals surface area (Å²) in [6, 6.07) is 21.8. The van der Waals surface area contributed by atoms with Gasteiger partial charge in [-0.25, -0.2) is 4.98 Å². The molecule has 0 amide bonds. The topological polar surface area (TPSA) is 77.4 Å². The lowest BCUT2D eigenvalue weighted by atomic mass is 9.94. The van der Waals surface area contributed by atoms with Crippen molar-refractivity contribution in [3.8, 4) is 11.3 Å². The molecule has 0 unspecified atom stereocenters. The summed E-state index contributed by atoms with van der Waals surface area (Å²) >= 11 is 0. The molecule has 30 heavy (non-hydrogen) atoms. The lowest BCUT2D eigenvalue weighted by molar-refractivity contribution is 0.206. The SMILES string of the molecule is COCCN(C)c1cccc(C[C@H](N)c2ccccc2-c2noc3ccccc23)n1. The number of ether oxygens (including phenoxy) is 1. The molecule has 0 bridgehead atoms. The van der Waals surface area contributed by atoms with Gasteiger partial charge in [-0.05, 0) is 29.8 Å². The molecular formula is C24H26N4O2. The fraction of sp³-hybridized carbons (Fsp3) is 0.250. The molecular weight excluding hydrogens is 376 g/mol. The van der Waals surface area contributed by atoms with Crippen LogP contribution >= 0.6 is 0 Å². The lowest BCUT2D eigenvalue weighted by Crippen LogP contribution is -2.23. The molecule has 4 aromatic rings. The zero-order valence-corrected chi connectivity index (χ0v) is 17.3. The first kappa shape index (κ1) is 20.1. The van der Waals surface area contributed by atoms with Crippen LogP contribution in [0.1, 0.15) is 17.3 Å². The number of fused-ring (bicyclic) bond motifs is 1. The molecule has 2 aromatic carbocycles. The Kier molecular flexibility index (Phi) is 6.07. The van der Waals surface area contributed by atoms with E-state index in [0.717, 1.165) is 45.8 Å². The van der Waals surface area contributed by atoms with Crippen LogP contribution in [0.5, 0.6) is 0 Å². The van der Waals surface area contributed by atoms with Gasteiger partial charge in [0.05, 0.1) is 6.61 Å². The first-order valence-corrected chi connectivity index (χ1v) is 10.0. The second-order valence-electron chi connectivity index (χ2n) is 7.33. The molecule has 1 atom stereocenters. The highest BCUT2D eigenvalue weighted by molar-refractivity contribution is 5.92. The maximum atomic E-state index is 6.65. The maximum absolute atomic E-state index is 6.65. The minimum atomic E-state index is -0.219. The van der Waals surface area contributed by atoms with E-state index in [1.165, 1.54) is 0 Å². The number of methoxy groups -OCH3 is 1. The Hall–Kier alpha value is -3.22. The molecule has 2 N–H and O–H groups in total. The largest absolute Gasteiger partial charge is 0.383 e. The average Bonchev–Trinajstić information content (AvgIpc) is 3.21. The van der Waals surface area contributed by atoms with Gasteiger partial charge >= 0.3 is 0 Å². The number of pyridine rings is 1. The van der Waals surface area contributed by atoms with E-state index in [2.05, 4.69) is 16.1 Å². The molecule has 154 valence electrons. The van der Waals surface area contributed by atoms with Crippen molar-refractivity contribution in [2.45, 2.75) is 12.5 Å². The second-order valence-corrected chi connectivity index (χ2v) is 7.33. The molecule has 0 fully saturated rings. The molecule has 2 heterocycles. The van der Waals surface area contributed by atoms with Crippen molar-refractivity contribution in [2.75, 3.05) is 32.2 Å². The van der Waals surface area contributed by atoms with E-state index in [1.54, 1.807) is 7.11 Å². The van der Waals surface area contributed by atoms with E-state index < -0.39 is 0 Å². The van der Waals surface area contributed by atoms with E-state index in [1.807, 2.05) is 67.7 Å². The van der Waals surface area contributed by atoms with Crippen LogP contribution in [0.25, 0.3) is 22.2 Å². The van der Waals surface area contributed by atoms with E-state index >= 15 is 0 Å². The standard InChI is InChI=1S/C24H26N4O2/c1-28(14-15-29-2)23-13-7-8-17(26-23)16-21(25)18-9-3-4-10-19(18)24-20-11-5-6-12-22(20)30-27-24/h3-13,21H,14-16,25H2,1-2H3/t21-/m0/s1. The Morgan fingerprint density at radius 3 is 2.70 bits per heavy atom. The summed E-state index contributed by atoms with van der Waals surface area (Å²) in [5.41, 5.74) is 11.2. The van der Waals surface area contributed by atoms with Gasteiger partial charge in [0, 0.05) is 49.8 Å². The smallest absolute Gasteiger partial charge is 0.167 e. The highest BCUT2D eigenvalue weighted by Gasteiger charge is 2.18. The predicted molar refractivity (Wildman–Crippen MR) is 119 cm³/mol. The zero-order chi connectivity index (χ0) is 20.9. The molecule has 0 saturated heterocycles. The minimum absolute atomic E-state index is 0.219. The van der Waals surface area contributed by atoms with Crippen molar-refractivity contribution in [1.82, 2.24) is 10.1 Å². The van der Waals surface area contributed by atoms with E-state index in [4.69, 9.17) is 20.0 Å². The number of hydrogen-bond donors (Lipinski definition) is 1. The molecule has 0 aliphatic carbocycles. The number of rotatable bonds is 8. The molecule has 0 aliphatic heterocycles. The summed E-state index contributed by atoms with van der Waals surface area (Å²) < 4.78 is 10.7. The lowest BCUT2D eigenvalue weighted by Gasteiger charge is -2.19. The highest BCUT2D eigenvalue weighted by Crippen LogP contribution is 2.33. The van der Waals surface area contributed by atoms with Crippen molar-refractivity contribution >= 4 is 16.8 Å². The molecule has 0 radical (unpaired) electrons. The van der Waals surface area contributed by atoms with Gasteiger partial charge in [-0.2, -0.15) is 0 Å². The first-order valence-electron chi connectivity index (χ1n) is 10.0. The minimum Gasteiger partial charge on any atom is -0.383 e. The zero-order valence-electron chi connectivity index (χ0n) is 17.3. The maximum Gasteiger partial charge on any atom is 0.167 e. The van der Waals surface area contributed by atoms with Crippen molar-refractivity contribution in [1.29, 1.82) is 0 Å². The van der Waals surface area contributed by atoms with Crippen LogP contribution in [0.2, 0.25) is 0 Å². The highest BCUT2D eigenvalue weighted by atomic mass is 16.5. The van der Waals surface area contributed by atoms with Crippen LogP contribution < -0.4 is 10.6 Å². The number of nitrogens with two attached hydrogens (primary N) is 1. The van der Waals surface area contributed by atoms with Gasteiger partial charge in [0.2, 0.25) is 0 Å². The molecule has 0 spiro atoms. The Morgan fingerprint density at radius 1 is 1.03 bits per heavy atom. The number of para-hydroxylation sites is 1. The Balaban J connectivity index is 1.60. The quantitative estimate of drug-likeness (QED) is 0.476. The van der Waals surface area contributed by atoms with Crippen LogP contribution in [0.4, 0.5) is 5.82 Å². The number of hydrogen-bond acceptors (Lipinski definition) is 6. The monoisotopic (exact) mass is 402 g/mol. The third-order valence-electron chi connectivity index (χ3n) is 5.24. The van der Waals surface area contributed by atoms with Gasteiger partial charge in [-0.15, -0.1) is 0 Å². The summed E-state index contributed by atoms with van der Waals surface area (Å²) in [5.74, 6) is 0.910. The van der Waals surface area contributed by atoms with Gasteiger partial charge < -0.3 is 19.9 Å². The summed E-state index contributed by atoms with van der Waals surface area (Å²) in [6.07, 6.45) is 0.624. The number of aromatic nitrogens is 2. The first-order chi connectivity index (χ1) is 14.7. The summed E-state index contributed by atoms with van der Waals surface area (Å²) in [7, 11) is 3.71. The number of likely N-dealkylation sites (N-methyl/N-ethyl adjacent to an activating group) is 1. The van der Waals surface area contributed by atoms with E-state index in [0.29, 0.717) is 13.0 Å². The normalized spacial score (nSPS) is 12.2. The molecule has 0 aliphatic rings. The van der Waals surface area contributed by atoms with Crippen LogP contribution in [-0.2, 0) is 11.2 Å². The van der Waals surface area contributed by atoms with Gasteiger partial charge in [0.15, 0.2) is 5.58 Å². The third-order valence-corrected chi connectivity index (χ3v) is 5.24. The Labute approximate surface area is 176 Å². The van der Waals surface area contributed by atoms with Gasteiger partial charge in [-0.3, -0.25) is 0 Å². The third kappa shape index (κ3) is 4.20. The fourth-order valence-corrected chi connectivity index (χ4v) is 3.59.